The molecular formula is C19H27N3O3. The van der Waals surface area contributed by atoms with Crippen LogP contribution >= 0.6 is 0 Å². The van der Waals surface area contributed by atoms with Crippen LogP contribution in [-0.4, -0.2) is 85.5 Å². The fourth-order valence-corrected chi connectivity index (χ4v) is 3.25. The van der Waals surface area contributed by atoms with Gasteiger partial charge in [-0.05, 0) is 12.5 Å². The summed E-state index contributed by atoms with van der Waals surface area (Å²) in [6, 6.07) is 8.12. The molecule has 6 nitrogen and oxygen atoms in total. The number of piperazine rings is 1. The molecule has 0 radical (unpaired) electrons. The lowest BCUT2D eigenvalue weighted by molar-refractivity contribution is -0.137. The van der Waals surface area contributed by atoms with Crippen LogP contribution in [0.25, 0.3) is 0 Å². The maximum absolute atomic E-state index is 12.4. The van der Waals surface area contributed by atoms with Crippen molar-refractivity contribution in [1.82, 2.24) is 14.7 Å². The van der Waals surface area contributed by atoms with Gasteiger partial charge in [-0.1, -0.05) is 29.8 Å². The van der Waals surface area contributed by atoms with Crippen molar-refractivity contribution in [2.45, 2.75) is 13.3 Å². The van der Waals surface area contributed by atoms with E-state index in [0.717, 1.165) is 18.7 Å². The molecule has 0 aromatic heterocycles. The third kappa shape index (κ3) is 5.03. The van der Waals surface area contributed by atoms with Gasteiger partial charge in [0.25, 0.3) is 0 Å². The second-order valence-corrected chi connectivity index (χ2v) is 6.81. The van der Waals surface area contributed by atoms with E-state index in [4.69, 9.17) is 4.74 Å². The molecule has 0 unspecified atom stereocenters. The first-order chi connectivity index (χ1) is 12.1. The van der Waals surface area contributed by atoms with Crippen molar-refractivity contribution in [1.29, 1.82) is 0 Å². The van der Waals surface area contributed by atoms with E-state index in [9.17, 15) is 9.59 Å². The van der Waals surface area contributed by atoms with Gasteiger partial charge in [0.15, 0.2) is 0 Å². The molecule has 6 heteroatoms. The molecule has 0 spiro atoms. The maximum Gasteiger partial charge on any atom is 0.236 e. The zero-order chi connectivity index (χ0) is 17.6. The summed E-state index contributed by atoms with van der Waals surface area (Å²) in [5.74, 6) is 0.339. The van der Waals surface area contributed by atoms with Crippen LogP contribution in [0.15, 0.2) is 24.3 Å². The number of morpholine rings is 1. The molecule has 136 valence electrons. The molecule has 0 N–H and O–H groups in total. The molecule has 2 fully saturated rings. The van der Waals surface area contributed by atoms with E-state index in [0.29, 0.717) is 52.4 Å². The van der Waals surface area contributed by atoms with Crippen molar-refractivity contribution in [3.05, 3.63) is 35.4 Å². The Morgan fingerprint density at radius 3 is 2.12 bits per heavy atom. The van der Waals surface area contributed by atoms with Gasteiger partial charge >= 0.3 is 0 Å². The predicted octanol–water partition coefficient (Wildman–Crippen LogP) is 0.541. The molecular weight excluding hydrogens is 318 g/mol. The molecule has 1 aromatic carbocycles. The van der Waals surface area contributed by atoms with Crippen LogP contribution < -0.4 is 0 Å². The van der Waals surface area contributed by atoms with Gasteiger partial charge in [-0.25, -0.2) is 0 Å². The highest BCUT2D eigenvalue weighted by Gasteiger charge is 2.24. The molecule has 0 bridgehead atoms. The van der Waals surface area contributed by atoms with E-state index in [1.807, 2.05) is 41.0 Å². The van der Waals surface area contributed by atoms with Crippen molar-refractivity contribution < 1.29 is 14.3 Å². The van der Waals surface area contributed by atoms with Gasteiger partial charge in [-0.2, -0.15) is 0 Å². The van der Waals surface area contributed by atoms with E-state index in [1.54, 1.807) is 0 Å². The molecule has 2 amide bonds. The minimum atomic E-state index is 0.169. The number of carbonyl (C=O) groups excluding carboxylic acids is 2. The van der Waals surface area contributed by atoms with E-state index < -0.39 is 0 Å². The summed E-state index contributed by atoms with van der Waals surface area (Å²) in [7, 11) is 0. The maximum atomic E-state index is 12.4. The van der Waals surface area contributed by atoms with Crippen molar-refractivity contribution in [2.75, 3.05) is 59.0 Å². The van der Waals surface area contributed by atoms with Gasteiger partial charge in [0, 0.05) is 39.3 Å². The van der Waals surface area contributed by atoms with Crippen LogP contribution in [0.4, 0.5) is 0 Å². The number of amides is 2. The van der Waals surface area contributed by atoms with Crippen LogP contribution in [0.2, 0.25) is 0 Å². The highest BCUT2D eigenvalue weighted by Crippen LogP contribution is 2.09. The standard InChI is InChI=1S/C19H27N3O3/c1-16-2-4-17(5-3-16)14-18(23)21-8-6-20(7-9-21)15-19(24)22-10-12-25-13-11-22/h2-5H,6-15H2,1H3. The molecule has 0 saturated carbocycles. The smallest absolute Gasteiger partial charge is 0.236 e. The highest BCUT2D eigenvalue weighted by atomic mass is 16.5. The number of hydrogen-bond acceptors (Lipinski definition) is 4. The second-order valence-electron chi connectivity index (χ2n) is 6.81. The van der Waals surface area contributed by atoms with Gasteiger partial charge in [0.05, 0.1) is 26.2 Å². The van der Waals surface area contributed by atoms with Crippen LogP contribution in [-0.2, 0) is 20.7 Å². The third-order valence-corrected chi connectivity index (χ3v) is 4.92. The first-order valence-corrected chi connectivity index (χ1v) is 9.03. The molecule has 2 saturated heterocycles. The fourth-order valence-electron chi connectivity index (χ4n) is 3.25. The molecule has 25 heavy (non-hydrogen) atoms. The lowest BCUT2D eigenvalue weighted by Crippen LogP contribution is -2.52. The second kappa shape index (κ2) is 8.45. The fraction of sp³-hybridized carbons (Fsp3) is 0.579. The molecule has 0 aliphatic carbocycles. The van der Waals surface area contributed by atoms with Gasteiger partial charge in [-0.15, -0.1) is 0 Å². The molecule has 3 rings (SSSR count). The number of nitrogens with zero attached hydrogens (tertiary/aromatic N) is 3. The van der Waals surface area contributed by atoms with Gasteiger partial charge in [0.1, 0.15) is 0 Å². The normalized spacial score (nSPS) is 19.1. The van der Waals surface area contributed by atoms with Crippen LogP contribution in [0.1, 0.15) is 11.1 Å². The lowest BCUT2D eigenvalue weighted by atomic mass is 10.1. The molecule has 1 aromatic rings. The zero-order valence-electron chi connectivity index (χ0n) is 14.9. The first kappa shape index (κ1) is 17.9. The van der Waals surface area contributed by atoms with E-state index in [-0.39, 0.29) is 11.8 Å². The SMILES string of the molecule is Cc1ccc(CC(=O)N2CCN(CC(=O)N3CCOCC3)CC2)cc1. The van der Waals surface area contributed by atoms with Crippen LogP contribution in [0.5, 0.6) is 0 Å². The predicted molar refractivity (Wildman–Crippen MR) is 95.3 cm³/mol. The molecule has 0 atom stereocenters. The number of benzene rings is 1. The van der Waals surface area contributed by atoms with Crippen LogP contribution in [0, 0.1) is 6.92 Å². The first-order valence-electron chi connectivity index (χ1n) is 9.03. The zero-order valence-corrected chi connectivity index (χ0v) is 14.9. The number of carbonyl (C=O) groups is 2. The summed E-state index contributed by atoms with van der Waals surface area (Å²) in [5.41, 5.74) is 2.26. The molecule has 2 aliphatic heterocycles. The summed E-state index contributed by atoms with van der Waals surface area (Å²) in [4.78, 5) is 30.7. The summed E-state index contributed by atoms with van der Waals surface area (Å²) < 4.78 is 5.28. The summed E-state index contributed by atoms with van der Waals surface area (Å²) >= 11 is 0. The molecule has 2 heterocycles. The van der Waals surface area contributed by atoms with Gasteiger partial charge in [-0.3, -0.25) is 14.5 Å². The summed E-state index contributed by atoms with van der Waals surface area (Å²) in [5, 5.41) is 0. The number of rotatable bonds is 4. The average molecular weight is 345 g/mol. The largest absolute Gasteiger partial charge is 0.378 e. The summed E-state index contributed by atoms with van der Waals surface area (Å²) in [6.45, 7) is 8.04. The Hall–Kier alpha value is -1.92. The number of ether oxygens (including phenoxy) is 1. The average Bonchev–Trinajstić information content (AvgIpc) is 2.65. The van der Waals surface area contributed by atoms with Crippen LogP contribution in [0.3, 0.4) is 0 Å². The highest BCUT2D eigenvalue weighted by molar-refractivity contribution is 5.79. The van der Waals surface area contributed by atoms with Crippen molar-refractivity contribution in [3.63, 3.8) is 0 Å². The Morgan fingerprint density at radius 2 is 1.48 bits per heavy atom. The Bertz CT molecular complexity index is 588. The Kier molecular flexibility index (Phi) is 6.04. The Morgan fingerprint density at radius 1 is 0.880 bits per heavy atom. The Balaban J connectivity index is 1.42. The number of aryl methyl sites for hydroxylation is 1. The topological polar surface area (TPSA) is 53.1 Å². The van der Waals surface area contributed by atoms with Gasteiger partial charge in [0.2, 0.25) is 11.8 Å². The monoisotopic (exact) mass is 345 g/mol. The van der Waals surface area contributed by atoms with Gasteiger partial charge < -0.3 is 14.5 Å². The quantitative estimate of drug-likeness (QED) is 0.799. The summed E-state index contributed by atoms with van der Waals surface area (Å²) in [6.07, 6.45) is 0.451. The minimum Gasteiger partial charge on any atom is -0.378 e. The van der Waals surface area contributed by atoms with E-state index in [2.05, 4.69) is 4.90 Å². The van der Waals surface area contributed by atoms with Crippen molar-refractivity contribution >= 4 is 11.8 Å². The third-order valence-electron chi connectivity index (χ3n) is 4.92. The van der Waals surface area contributed by atoms with E-state index in [1.165, 1.54) is 5.56 Å². The molecule has 2 aliphatic rings. The minimum absolute atomic E-state index is 0.169. The van der Waals surface area contributed by atoms with Crippen molar-refractivity contribution in [2.24, 2.45) is 0 Å². The lowest BCUT2D eigenvalue weighted by Gasteiger charge is -2.36. The van der Waals surface area contributed by atoms with E-state index >= 15 is 0 Å². The Labute approximate surface area is 149 Å². The number of hydrogen-bond donors (Lipinski definition) is 0. The van der Waals surface area contributed by atoms with Crippen molar-refractivity contribution in [3.8, 4) is 0 Å².